The molecule has 1 aliphatic heterocycles. The lowest BCUT2D eigenvalue weighted by molar-refractivity contribution is 0.668. The third kappa shape index (κ3) is 4.68. The summed E-state index contributed by atoms with van der Waals surface area (Å²) >= 11 is 0. The van der Waals surface area contributed by atoms with E-state index in [9.17, 15) is 0 Å². The molecular formula is C45H29N3O. The Morgan fingerprint density at radius 1 is 0.469 bits per heavy atom. The molecule has 0 fully saturated rings. The highest BCUT2D eigenvalue weighted by atomic mass is 16.3. The van der Waals surface area contributed by atoms with Crippen molar-refractivity contribution in [2.24, 2.45) is 9.98 Å². The zero-order chi connectivity index (χ0) is 32.3. The second-order valence-corrected chi connectivity index (χ2v) is 12.6. The molecule has 1 N–H and O–H groups in total. The van der Waals surface area contributed by atoms with Crippen LogP contribution in [0.3, 0.4) is 0 Å². The number of hydrogen-bond acceptors (Lipinski definition) is 4. The SMILES string of the molecule is c1ccc(-c2ccc3c(c2)oc2cccc(C4=NC(c5ccc6ccccc6c5)NC(c5ccc6c(ccc7ccccc76)c5)=N4)c23)cc1. The molecule has 0 saturated heterocycles. The summed E-state index contributed by atoms with van der Waals surface area (Å²) in [5, 5.41) is 13.0. The fourth-order valence-corrected chi connectivity index (χ4v) is 7.25. The number of benzene rings is 8. The summed E-state index contributed by atoms with van der Waals surface area (Å²) in [5.41, 5.74) is 6.97. The Balaban J connectivity index is 1.15. The molecule has 1 atom stereocenters. The first-order chi connectivity index (χ1) is 24.2. The van der Waals surface area contributed by atoms with E-state index in [0.717, 1.165) is 55.6 Å². The van der Waals surface area contributed by atoms with Gasteiger partial charge >= 0.3 is 0 Å². The maximum absolute atomic E-state index is 6.48. The van der Waals surface area contributed by atoms with E-state index in [1.54, 1.807) is 0 Å². The van der Waals surface area contributed by atoms with Gasteiger partial charge < -0.3 is 9.73 Å². The molecule has 4 heteroatoms. The number of aliphatic imine (C=N–C) groups is 2. The van der Waals surface area contributed by atoms with E-state index < -0.39 is 0 Å². The van der Waals surface area contributed by atoms with E-state index in [0.29, 0.717) is 5.84 Å². The Bertz CT molecular complexity index is 2810. The Morgan fingerprint density at radius 3 is 2.12 bits per heavy atom. The molecule has 0 bridgehead atoms. The van der Waals surface area contributed by atoms with Crippen molar-refractivity contribution in [2.45, 2.75) is 6.17 Å². The third-order valence-corrected chi connectivity index (χ3v) is 9.70. The van der Waals surface area contributed by atoms with Gasteiger partial charge in [-0.05, 0) is 79.3 Å². The number of amidine groups is 2. The van der Waals surface area contributed by atoms with Crippen LogP contribution in [0.25, 0.3) is 65.4 Å². The van der Waals surface area contributed by atoms with Crippen LogP contribution in [0.5, 0.6) is 0 Å². The van der Waals surface area contributed by atoms with Crippen molar-refractivity contribution >= 4 is 65.9 Å². The Morgan fingerprint density at radius 2 is 1.20 bits per heavy atom. The van der Waals surface area contributed by atoms with E-state index in [4.69, 9.17) is 14.4 Å². The van der Waals surface area contributed by atoms with Crippen LogP contribution < -0.4 is 5.32 Å². The predicted molar refractivity (Wildman–Crippen MR) is 204 cm³/mol. The minimum atomic E-state index is -0.336. The number of fused-ring (bicyclic) bond motifs is 7. The van der Waals surface area contributed by atoms with E-state index in [-0.39, 0.29) is 6.17 Å². The average Bonchev–Trinajstić information content (AvgIpc) is 3.56. The molecule has 1 aromatic heterocycles. The molecule has 49 heavy (non-hydrogen) atoms. The van der Waals surface area contributed by atoms with Crippen molar-refractivity contribution in [1.29, 1.82) is 0 Å². The number of nitrogens with one attached hydrogen (secondary N) is 1. The molecule has 1 unspecified atom stereocenters. The summed E-state index contributed by atoms with van der Waals surface area (Å²) in [5.74, 6) is 1.46. The maximum atomic E-state index is 6.48. The van der Waals surface area contributed by atoms with Crippen LogP contribution in [0.4, 0.5) is 0 Å². The molecule has 0 aliphatic carbocycles. The van der Waals surface area contributed by atoms with Gasteiger partial charge in [0.05, 0.1) is 0 Å². The number of furan rings is 1. The molecule has 0 saturated carbocycles. The summed E-state index contributed by atoms with van der Waals surface area (Å²) in [4.78, 5) is 10.5. The largest absolute Gasteiger partial charge is 0.456 e. The monoisotopic (exact) mass is 627 g/mol. The first-order valence-electron chi connectivity index (χ1n) is 16.6. The summed E-state index contributed by atoms with van der Waals surface area (Å²) in [6.45, 7) is 0. The van der Waals surface area contributed by atoms with Crippen LogP contribution in [-0.4, -0.2) is 11.7 Å². The van der Waals surface area contributed by atoms with Gasteiger partial charge in [0.25, 0.3) is 0 Å². The highest BCUT2D eigenvalue weighted by Gasteiger charge is 2.24. The summed E-state index contributed by atoms with van der Waals surface area (Å²) in [6, 6.07) is 57.6. The first kappa shape index (κ1) is 27.6. The van der Waals surface area contributed by atoms with Crippen LogP contribution in [0, 0.1) is 0 Å². The molecule has 0 spiro atoms. The van der Waals surface area contributed by atoms with Crippen LogP contribution >= 0.6 is 0 Å². The third-order valence-electron chi connectivity index (χ3n) is 9.70. The average molecular weight is 628 g/mol. The van der Waals surface area contributed by atoms with E-state index in [2.05, 4.69) is 151 Å². The van der Waals surface area contributed by atoms with Crippen LogP contribution in [0.15, 0.2) is 178 Å². The van der Waals surface area contributed by atoms with E-state index in [1.165, 1.54) is 32.3 Å². The summed E-state index contributed by atoms with van der Waals surface area (Å²) < 4.78 is 6.48. The van der Waals surface area contributed by atoms with Gasteiger partial charge in [-0.3, -0.25) is 0 Å². The topological polar surface area (TPSA) is 49.9 Å². The van der Waals surface area contributed by atoms with Gasteiger partial charge in [0.15, 0.2) is 5.84 Å². The van der Waals surface area contributed by atoms with Gasteiger partial charge in [0.1, 0.15) is 23.2 Å². The zero-order valence-corrected chi connectivity index (χ0v) is 26.5. The smallest absolute Gasteiger partial charge is 0.160 e. The van der Waals surface area contributed by atoms with Crippen LogP contribution in [0.1, 0.15) is 22.9 Å². The molecular weight excluding hydrogens is 599 g/mol. The Hall–Kier alpha value is -6.52. The standard InChI is InChI=1S/C45H29N3O/c1-2-9-28(10-3-1)32-21-24-38-41(27-32)49-40-16-8-15-39(42(38)40)45-47-43(34-20-17-29-11-4-5-13-31(29)25-34)46-44(48-45)35-22-23-37-33(26-35)19-18-30-12-6-7-14-36(30)37/h1-27,43H,(H,46,47,48). The fraction of sp³-hybridized carbons (Fsp3) is 0.0222. The molecule has 0 radical (unpaired) electrons. The summed E-state index contributed by atoms with van der Waals surface area (Å²) in [7, 11) is 0. The number of hydrogen-bond donors (Lipinski definition) is 1. The lowest BCUT2D eigenvalue weighted by atomic mass is 9.99. The summed E-state index contributed by atoms with van der Waals surface area (Å²) in [6.07, 6.45) is -0.336. The number of nitrogens with zero attached hydrogens (tertiary/aromatic N) is 2. The van der Waals surface area contributed by atoms with Gasteiger partial charge in [0, 0.05) is 21.9 Å². The van der Waals surface area contributed by atoms with Crippen molar-refractivity contribution in [3.8, 4) is 11.1 Å². The van der Waals surface area contributed by atoms with Crippen LogP contribution in [-0.2, 0) is 0 Å². The van der Waals surface area contributed by atoms with Crippen molar-refractivity contribution in [2.75, 3.05) is 0 Å². The molecule has 230 valence electrons. The normalized spacial score (nSPS) is 14.7. The van der Waals surface area contributed by atoms with Gasteiger partial charge in [-0.15, -0.1) is 0 Å². The van der Waals surface area contributed by atoms with Gasteiger partial charge in [-0.1, -0.05) is 133 Å². The Labute approximate surface area is 282 Å². The molecule has 9 aromatic rings. The highest BCUT2D eigenvalue weighted by molar-refractivity contribution is 6.22. The molecule has 10 rings (SSSR count). The molecule has 8 aromatic carbocycles. The lowest BCUT2D eigenvalue weighted by Gasteiger charge is -2.24. The van der Waals surface area contributed by atoms with Crippen molar-refractivity contribution in [3.63, 3.8) is 0 Å². The highest BCUT2D eigenvalue weighted by Crippen LogP contribution is 2.36. The van der Waals surface area contributed by atoms with Crippen molar-refractivity contribution in [3.05, 3.63) is 180 Å². The zero-order valence-electron chi connectivity index (χ0n) is 26.5. The second kappa shape index (κ2) is 11.0. The van der Waals surface area contributed by atoms with E-state index in [1.807, 2.05) is 18.2 Å². The van der Waals surface area contributed by atoms with Gasteiger partial charge in [-0.2, -0.15) is 0 Å². The second-order valence-electron chi connectivity index (χ2n) is 12.6. The van der Waals surface area contributed by atoms with Gasteiger partial charge in [-0.25, -0.2) is 9.98 Å². The Kier molecular flexibility index (Phi) is 6.21. The fourth-order valence-electron chi connectivity index (χ4n) is 7.25. The molecule has 0 amide bonds. The van der Waals surface area contributed by atoms with Crippen molar-refractivity contribution < 1.29 is 4.42 Å². The first-order valence-corrected chi connectivity index (χ1v) is 16.6. The maximum Gasteiger partial charge on any atom is 0.160 e. The van der Waals surface area contributed by atoms with Gasteiger partial charge in [0.2, 0.25) is 0 Å². The number of rotatable bonds is 4. The predicted octanol–water partition coefficient (Wildman–Crippen LogP) is 11.2. The quantitative estimate of drug-likeness (QED) is 0.197. The molecule has 4 nitrogen and oxygen atoms in total. The van der Waals surface area contributed by atoms with Crippen LogP contribution in [0.2, 0.25) is 0 Å². The minimum absolute atomic E-state index is 0.336. The lowest BCUT2D eigenvalue weighted by Crippen LogP contribution is -2.33. The van der Waals surface area contributed by atoms with E-state index >= 15 is 0 Å². The molecule has 1 aliphatic rings. The molecule has 2 heterocycles. The minimum Gasteiger partial charge on any atom is -0.456 e. The van der Waals surface area contributed by atoms with Crippen molar-refractivity contribution in [1.82, 2.24) is 5.32 Å².